The summed E-state index contributed by atoms with van der Waals surface area (Å²) in [7, 11) is 0. The molecule has 0 radical (unpaired) electrons. The number of hydrogen-bond donors (Lipinski definition) is 1. The van der Waals surface area contributed by atoms with E-state index in [4.69, 9.17) is 15.7 Å². The van der Waals surface area contributed by atoms with E-state index < -0.39 is 0 Å². The Morgan fingerprint density at radius 2 is 1.54 bits per heavy atom. The van der Waals surface area contributed by atoms with Crippen LogP contribution in [0.1, 0.15) is 85.4 Å². The number of amidine groups is 2. The Morgan fingerprint density at radius 1 is 0.789 bits per heavy atom. The van der Waals surface area contributed by atoms with Crippen molar-refractivity contribution in [2.75, 3.05) is 0 Å². The van der Waals surface area contributed by atoms with Gasteiger partial charge in [-0.3, -0.25) is 4.99 Å². The molecule has 0 spiro atoms. The molecule has 9 rings (SSSR count). The quantitative estimate of drug-likeness (QED) is 0.133. The topological polar surface area (TPSA) is 50.7 Å². The van der Waals surface area contributed by atoms with E-state index in [0.29, 0.717) is 23.5 Å². The maximum atomic E-state index is 6.35. The van der Waals surface area contributed by atoms with Gasteiger partial charge in [0.2, 0.25) is 0 Å². The van der Waals surface area contributed by atoms with Gasteiger partial charge in [0.05, 0.1) is 6.54 Å². The molecule has 0 saturated carbocycles. The van der Waals surface area contributed by atoms with Gasteiger partial charge in [-0.05, 0) is 88.4 Å². The van der Waals surface area contributed by atoms with E-state index in [0.717, 1.165) is 24.2 Å². The third kappa shape index (κ3) is 7.81. The molecule has 0 saturated heterocycles. The fraction of sp³-hybridized carbons (Fsp3) is 0.245. The van der Waals surface area contributed by atoms with Crippen LogP contribution in [0.2, 0.25) is 0 Å². The van der Waals surface area contributed by atoms with Crippen molar-refractivity contribution in [3.63, 3.8) is 0 Å². The van der Waals surface area contributed by atoms with Crippen LogP contribution in [-0.2, 0) is 18.4 Å². The van der Waals surface area contributed by atoms with E-state index in [1.807, 2.05) is 42.1 Å². The van der Waals surface area contributed by atoms with Crippen LogP contribution in [-0.4, -0.2) is 16.9 Å². The van der Waals surface area contributed by atoms with E-state index in [1.165, 1.54) is 72.5 Å². The van der Waals surface area contributed by atoms with Crippen LogP contribution >= 0.6 is 11.8 Å². The average Bonchev–Trinajstić information content (AvgIpc) is 3.72. The van der Waals surface area contributed by atoms with Gasteiger partial charge < -0.3 is 5.73 Å². The molecule has 3 unspecified atom stereocenters. The summed E-state index contributed by atoms with van der Waals surface area (Å²) in [4.78, 5) is 11.1. The van der Waals surface area contributed by atoms with Gasteiger partial charge in [0.1, 0.15) is 11.7 Å². The lowest BCUT2D eigenvalue weighted by Gasteiger charge is -2.22. The Bertz CT molecular complexity index is 2480. The zero-order chi connectivity index (χ0) is 39.5. The molecule has 3 aliphatic carbocycles. The van der Waals surface area contributed by atoms with Crippen molar-refractivity contribution in [2.45, 2.75) is 81.9 Å². The largest absolute Gasteiger partial charge is 0.383 e. The summed E-state index contributed by atoms with van der Waals surface area (Å²) < 4.78 is 0. The number of benzene rings is 5. The molecule has 0 aromatic heterocycles. The first-order valence-electron chi connectivity index (χ1n) is 20.5. The van der Waals surface area contributed by atoms with Gasteiger partial charge in [0, 0.05) is 33.0 Å². The van der Waals surface area contributed by atoms with E-state index in [9.17, 15) is 0 Å². The van der Waals surface area contributed by atoms with Gasteiger partial charge in [-0.2, -0.15) is 0 Å². The predicted molar refractivity (Wildman–Crippen MR) is 245 cm³/mol. The van der Waals surface area contributed by atoms with Crippen LogP contribution in [0, 0.1) is 12.8 Å². The molecule has 4 aliphatic rings. The van der Waals surface area contributed by atoms with Gasteiger partial charge in [0.15, 0.2) is 0 Å². The second-order valence-corrected chi connectivity index (χ2v) is 17.4. The summed E-state index contributed by atoms with van der Waals surface area (Å²) in [6, 6.07) is 39.2. The van der Waals surface area contributed by atoms with Crippen molar-refractivity contribution < 1.29 is 0 Å². The van der Waals surface area contributed by atoms with Crippen molar-refractivity contribution in [3.05, 3.63) is 196 Å². The second kappa shape index (κ2) is 16.6. The van der Waals surface area contributed by atoms with Crippen molar-refractivity contribution in [1.29, 1.82) is 0 Å². The molecule has 5 aromatic rings. The van der Waals surface area contributed by atoms with E-state index >= 15 is 0 Å². The molecular formula is C53H53N3S. The zero-order valence-electron chi connectivity index (χ0n) is 33.9. The van der Waals surface area contributed by atoms with E-state index in [-0.39, 0.29) is 11.3 Å². The fourth-order valence-electron chi connectivity index (χ4n) is 8.84. The normalized spacial score (nSPS) is 19.9. The highest BCUT2D eigenvalue weighted by atomic mass is 32.2. The third-order valence-corrected chi connectivity index (χ3v) is 13.3. The first kappa shape index (κ1) is 38.4. The number of aryl methyl sites for hydroxylation is 1. The highest BCUT2D eigenvalue weighted by molar-refractivity contribution is 8.00. The minimum Gasteiger partial charge on any atom is -0.383 e. The van der Waals surface area contributed by atoms with Crippen molar-refractivity contribution in [2.24, 2.45) is 21.6 Å². The molecule has 286 valence electrons. The Kier molecular flexibility index (Phi) is 11.2. The van der Waals surface area contributed by atoms with E-state index in [1.54, 1.807) is 0 Å². The maximum absolute atomic E-state index is 6.35. The lowest BCUT2D eigenvalue weighted by molar-refractivity contribution is 0.660. The smallest absolute Gasteiger partial charge is 0.133 e. The van der Waals surface area contributed by atoms with Crippen LogP contribution in [0.15, 0.2) is 172 Å². The molecule has 5 aromatic carbocycles. The Morgan fingerprint density at radius 3 is 2.33 bits per heavy atom. The van der Waals surface area contributed by atoms with Crippen LogP contribution in [0.4, 0.5) is 0 Å². The zero-order valence-corrected chi connectivity index (χ0v) is 34.7. The SMILES string of the molecule is CC1=CCC(C(N=C(N)c2ccccc2)=NCc2ccc3c(c2)SC2C=CC=CC32)C=C1.CCCc1ccccc1-c1ccc2c(c1C)-c1ccccc1C2(C)C. The average molecular weight is 764 g/mol. The van der Waals surface area contributed by atoms with Gasteiger partial charge >= 0.3 is 0 Å². The first-order chi connectivity index (χ1) is 27.7. The molecule has 3 nitrogen and oxygen atoms in total. The first-order valence-corrected chi connectivity index (χ1v) is 21.4. The number of hydrogen-bond acceptors (Lipinski definition) is 2. The van der Waals surface area contributed by atoms with Gasteiger partial charge in [0.25, 0.3) is 0 Å². The molecular weight excluding hydrogens is 711 g/mol. The maximum Gasteiger partial charge on any atom is 0.133 e. The fourth-order valence-corrected chi connectivity index (χ4v) is 10.2. The number of nitrogens with two attached hydrogens (primary N) is 1. The number of rotatable bonds is 7. The molecule has 0 amide bonds. The number of aliphatic imine (C=N–C) groups is 2. The van der Waals surface area contributed by atoms with Crippen LogP contribution in [0.25, 0.3) is 22.3 Å². The minimum absolute atomic E-state index is 0.0815. The lowest BCUT2D eigenvalue weighted by atomic mass is 9.81. The van der Waals surface area contributed by atoms with Crippen molar-refractivity contribution in [1.82, 2.24) is 0 Å². The molecule has 3 atom stereocenters. The lowest BCUT2D eigenvalue weighted by Crippen LogP contribution is -2.20. The Balaban J connectivity index is 0.000000165. The number of nitrogens with zero attached hydrogens (tertiary/aromatic N) is 2. The van der Waals surface area contributed by atoms with Crippen LogP contribution < -0.4 is 5.73 Å². The van der Waals surface area contributed by atoms with Gasteiger partial charge in [-0.25, -0.2) is 4.99 Å². The standard InChI is InChI=1S/C28H27N3S.C25H26/c1-19-11-14-22(15-12-19)28(31-27(29)21-7-3-2-4-8-21)30-18-20-13-16-24-23-9-5-6-10-25(23)32-26(24)17-20;1-5-10-18-11-6-7-12-20(18)19-15-16-23-24(17(19)2)21-13-8-9-14-22(21)25(23,3)4/h2-14,16-17,22-23,25H,15,18H2,1H3,(H2,29,30,31);6-9,11-16H,5,10H2,1-4H3. The molecule has 1 aliphatic heterocycles. The van der Waals surface area contributed by atoms with Crippen LogP contribution in [0.3, 0.4) is 0 Å². The summed E-state index contributed by atoms with van der Waals surface area (Å²) >= 11 is 1.95. The molecule has 2 N–H and O–H groups in total. The number of thioether (sulfide) groups is 1. The molecule has 1 heterocycles. The third-order valence-electron chi connectivity index (χ3n) is 12.0. The number of fused-ring (bicyclic) bond motifs is 6. The van der Waals surface area contributed by atoms with E-state index in [2.05, 4.69) is 156 Å². The second-order valence-electron chi connectivity index (χ2n) is 16.2. The number of allylic oxidation sites excluding steroid dienone is 6. The Hall–Kier alpha value is -5.45. The summed E-state index contributed by atoms with van der Waals surface area (Å²) in [5.74, 6) is 1.93. The monoisotopic (exact) mass is 763 g/mol. The highest BCUT2D eigenvalue weighted by Gasteiger charge is 2.36. The molecule has 0 fully saturated rings. The predicted octanol–water partition coefficient (Wildman–Crippen LogP) is 13.1. The summed E-state index contributed by atoms with van der Waals surface area (Å²) in [6.07, 6.45) is 18.7. The minimum atomic E-state index is 0.0815. The Labute approximate surface area is 344 Å². The van der Waals surface area contributed by atoms with Crippen LogP contribution in [0.5, 0.6) is 0 Å². The molecule has 0 bridgehead atoms. The van der Waals surface area contributed by atoms with Crippen molar-refractivity contribution in [3.8, 4) is 22.3 Å². The summed E-state index contributed by atoms with van der Waals surface area (Å²) in [5.41, 5.74) is 22.7. The summed E-state index contributed by atoms with van der Waals surface area (Å²) in [6.45, 7) is 12.0. The van der Waals surface area contributed by atoms with Crippen molar-refractivity contribution >= 4 is 23.4 Å². The molecule has 57 heavy (non-hydrogen) atoms. The summed E-state index contributed by atoms with van der Waals surface area (Å²) in [5, 5.41) is 0.516. The highest BCUT2D eigenvalue weighted by Crippen LogP contribution is 2.52. The van der Waals surface area contributed by atoms with Gasteiger partial charge in [-0.15, -0.1) is 11.8 Å². The molecule has 4 heteroatoms. The van der Waals surface area contributed by atoms with Gasteiger partial charge in [-0.1, -0.05) is 178 Å².